The molecule has 17 heavy (non-hydrogen) atoms. The highest BCUT2D eigenvalue weighted by molar-refractivity contribution is 5.87. The van der Waals surface area contributed by atoms with Crippen molar-refractivity contribution in [3.8, 4) is 0 Å². The van der Waals surface area contributed by atoms with Gasteiger partial charge in [-0.25, -0.2) is 4.98 Å². The van der Waals surface area contributed by atoms with E-state index < -0.39 is 18.6 Å². The summed E-state index contributed by atoms with van der Waals surface area (Å²) in [4.78, 5) is 4.01. The van der Waals surface area contributed by atoms with E-state index in [9.17, 15) is 13.2 Å². The van der Waals surface area contributed by atoms with Gasteiger partial charge in [0.2, 0.25) is 0 Å². The zero-order valence-corrected chi connectivity index (χ0v) is 9.08. The minimum atomic E-state index is -4.18. The van der Waals surface area contributed by atoms with Crippen molar-refractivity contribution in [1.29, 1.82) is 0 Å². The lowest BCUT2D eigenvalue weighted by Gasteiger charge is -2.16. The number of hydrogen-bond acceptors (Lipinski definition) is 3. The van der Waals surface area contributed by atoms with Crippen molar-refractivity contribution in [2.24, 2.45) is 0 Å². The predicted octanol–water partition coefficient (Wildman–Crippen LogP) is 3.58. The molecule has 3 nitrogen and oxygen atoms in total. The molecule has 92 valence electrons. The Kier molecular flexibility index (Phi) is 2.95. The maximum absolute atomic E-state index is 12.2. The predicted molar refractivity (Wildman–Crippen MR) is 57.8 cm³/mol. The van der Waals surface area contributed by atoms with Crippen LogP contribution in [-0.4, -0.2) is 17.2 Å². The Morgan fingerprint density at radius 2 is 2.18 bits per heavy atom. The van der Waals surface area contributed by atoms with E-state index in [1.165, 1.54) is 19.4 Å². The molecule has 0 saturated carbocycles. The van der Waals surface area contributed by atoms with Crippen molar-refractivity contribution < 1.29 is 17.6 Å². The van der Waals surface area contributed by atoms with Gasteiger partial charge >= 0.3 is 6.18 Å². The van der Waals surface area contributed by atoms with Crippen molar-refractivity contribution in [1.82, 2.24) is 4.98 Å². The standard InChI is InChI=1S/C11H11F3N2O/c1-7(6-11(12,13)14)16-10-8-3-5-17-9(8)2-4-15-10/h2-5,7H,6H2,1H3,(H,15,16). The van der Waals surface area contributed by atoms with Gasteiger partial charge in [0, 0.05) is 12.2 Å². The first-order valence-corrected chi connectivity index (χ1v) is 5.11. The van der Waals surface area contributed by atoms with Crippen molar-refractivity contribution >= 4 is 16.8 Å². The van der Waals surface area contributed by atoms with Crippen LogP contribution < -0.4 is 5.32 Å². The zero-order valence-electron chi connectivity index (χ0n) is 9.08. The Morgan fingerprint density at radius 1 is 1.41 bits per heavy atom. The Balaban J connectivity index is 2.15. The molecule has 0 radical (unpaired) electrons. The van der Waals surface area contributed by atoms with Gasteiger partial charge in [-0.15, -0.1) is 0 Å². The topological polar surface area (TPSA) is 38.1 Å². The second-order valence-corrected chi connectivity index (χ2v) is 3.86. The van der Waals surface area contributed by atoms with E-state index in [1.807, 2.05) is 0 Å². The number of aromatic nitrogens is 1. The van der Waals surface area contributed by atoms with Gasteiger partial charge in [-0.1, -0.05) is 0 Å². The molecule has 0 aliphatic heterocycles. The summed E-state index contributed by atoms with van der Waals surface area (Å²) in [6.45, 7) is 1.47. The lowest BCUT2D eigenvalue weighted by Crippen LogP contribution is -2.24. The van der Waals surface area contributed by atoms with E-state index in [0.717, 1.165) is 0 Å². The van der Waals surface area contributed by atoms with Crippen molar-refractivity contribution in [3.63, 3.8) is 0 Å². The molecule has 2 rings (SSSR count). The number of hydrogen-bond donors (Lipinski definition) is 1. The summed E-state index contributed by atoms with van der Waals surface area (Å²) in [5.74, 6) is 0.410. The van der Waals surface area contributed by atoms with E-state index in [-0.39, 0.29) is 0 Å². The molecule has 0 aliphatic carbocycles. The molecule has 1 N–H and O–H groups in total. The average molecular weight is 244 g/mol. The maximum Gasteiger partial charge on any atom is 0.391 e. The van der Waals surface area contributed by atoms with Crippen LogP contribution in [0, 0.1) is 0 Å². The van der Waals surface area contributed by atoms with Crippen LogP contribution in [0.1, 0.15) is 13.3 Å². The fourth-order valence-corrected chi connectivity index (χ4v) is 1.64. The van der Waals surface area contributed by atoms with Crippen molar-refractivity contribution in [2.45, 2.75) is 25.6 Å². The molecule has 2 aromatic heterocycles. The molecular weight excluding hydrogens is 233 g/mol. The number of furan rings is 1. The summed E-state index contributed by atoms with van der Waals surface area (Å²) in [6, 6.07) is 2.60. The third kappa shape index (κ3) is 2.89. The van der Waals surface area contributed by atoms with E-state index in [2.05, 4.69) is 10.3 Å². The minimum Gasteiger partial charge on any atom is -0.464 e. The average Bonchev–Trinajstić information content (AvgIpc) is 2.63. The van der Waals surface area contributed by atoms with Gasteiger partial charge in [0.1, 0.15) is 11.4 Å². The first-order valence-electron chi connectivity index (χ1n) is 5.11. The van der Waals surface area contributed by atoms with Gasteiger partial charge in [-0.2, -0.15) is 13.2 Å². The zero-order chi connectivity index (χ0) is 12.5. The van der Waals surface area contributed by atoms with Gasteiger partial charge in [0.25, 0.3) is 0 Å². The molecule has 0 aromatic carbocycles. The third-order valence-electron chi connectivity index (χ3n) is 2.30. The molecule has 6 heteroatoms. The van der Waals surface area contributed by atoms with Crippen molar-refractivity contribution in [3.05, 3.63) is 24.6 Å². The summed E-state index contributed by atoms with van der Waals surface area (Å²) in [5, 5.41) is 3.42. The number of anilines is 1. The summed E-state index contributed by atoms with van der Waals surface area (Å²) in [5.41, 5.74) is 0.599. The van der Waals surface area contributed by atoms with Crippen LogP contribution in [0.25, 0.3) is 11.0 Å². The monoisotopic (exact) mass is 244 g/mol. The van der Waals surface area contributed by atoms with Crippen LogP contribution >= 0.6 is 0 Å². The van der Waals surface area contributed by atoms with Crippen LogP contribution in [0.5, 0.6) is 0 Å². The van der Waals surface area contributed by atoms with Crippen LogP contribution in [0.3, 0.4) is 0 Å². The Hall–Kier alpha value is -1.72. The number of nitrogens with one attached hydrogen (secondary N) is 1. The van der Waals surface area contributed by atoms with Gasteiger partial charge < -0.3 is 9.73 Å². The van der Waals surface area contributed by atoms with Gasteiger partial charge in [0.05, 0.1) is 18.1 Å². The molecule has 0 amide bonds. The third-order valence-corrected chi connectivity index (χ3v) is 2.30. The highest BCUT2D eigenvalue weighted by atomic mass is 19.4. The fourth-order valence-electron chi connectivity index (χ4n) is 1.64. The minimum absolute atomic E-state index is 0.410. The van der Waals surface area contributed by atoms with Crippen LogP contribution in [0.2, 0.25) is 0 Å². The van der Waals surface area contributed by atoms with E-state index in [0.29, 0.717) is 16.8 Å². The number of alkyl halides is 3. The second-order valence-electron chi connectivity index (χ2n) is 3.86. The number of pyridine rings is 1. The van der Waals surface area contributed by atoms with E-state index in [4.69, 9.17) is 4.42 Å². The van der Waals surface area contributed by atoms with Crippen LogP contribution in [0.15, 0.2) is 29.0 Å². The quantitative estimate of drug-likeness (QED) is 0.896. The number of rotatable bonds is 3. The molecule has 2 aromatic rings. The second kappa shape index (κ2) is 4.27. The van der Waals surface area contributed by atoms with E-state index in [1.54, 1.807) is 12.1 Å². The summed E-state index contributed by atoms with van der Waals surface area (Å²) < 4.78 is 41.7. The molecule has 0 bridgehead atoms. The van der Waals surface area contributed by atoms with Crippen molar-refractivity contribution in [2.75, 3.05) is 5.32 Å². The molecule has 0 saturated heterocycles. The van der Waals surface area contributed by atoms with Gasteiger partial charge in [0.15, 0.2) is 0 Å². The number of halogens is 3. The Morgan fingerprint density at radius 3 is 2.88 bits per heavy atom. The van der Waals surface area contributed by atoms with Crippen LogP contribution in [-0.2, 0) is 0 Å². The molecular formula is C11H11F3N2O. The molecule has 2 heterocycles. The highest BCUT2D eigenvalue weighted by Gasteiger charge is 2.30. The maximum atomic E-state index is 12.2. The lowest BCUT2D eigenvalue weighted by atomic mass is 10.2. The first-order chi connectivity index (χ1) is 7.96. The molecule has 0 fully saturated rings. The molecule has 0 aliphatic rings. The SMILES string of the molecule is CC(CC(F)(F)F)Nc1nccc2occc12. The highest BCUT2D eigenvalue weighted by Crippen LogP contribution is 2.26. The molecule has 1 atom stereocenters. The molecule has 1 unspecified atom stereocenters. The Labute approximate surface area is 95.6 Å². The smallest absolute Gasteiger partial charge is 0.391 e. The lowest BCUT2D eigenvalue weighted by molar-refractivity contribution is -0.136. The molecule has 0 spiro atoms. The Bertz CT molecular complexity index is 507. The number of fused-ring (bicyclic) bond motifs is 1. The summed E-state index contributed by atoms with van der Waals surface area (Å²) in [6.07, 6.45) is -2.11. The first kappa shape index (κ1) is 11.8. The normalized spacial score (nSPS) is 13.9. The van der Waals surface area contributed by atoms with Crippen LogP contribution in [0.4, 0.5) is 19.0 Å². The van der Waals surface area contributed by atoms with Gasteiger partial charge in [-0.05, 0) is 19.1 Å². The van der Waals surface area contributed by atoms with Gasteiger partial charge in [-0.3, -0.25) is 0 Å². The summed E-state index contributed by atoms with van der Waals surface area (Å²) >= 11 is 0. The largest absolute Gasteiger partial charge is 0.464 e. The fraction of sp³-hybridized carbons (Fsp3) is 0.364. The summed E-state index contributed by atoms with van der Waals surface area (Å²) in [7, 11) is 0. The van der Waals surface area contributed by atoms with E-state index >= 15 is 0 Å². The number of nitrogens with zero attached hydrogens (tertiary/aromatic N) is 1.